The lowest BCUT2D eigenvalue weighted by Gasteiger charge is -2.22. The second-order valence-corrected chi connectivity index (χ2v) is 5.43. The standard InChI is InChI=1S/C15H23FN2/c1-12-10-17-6-8-18(11-12)7-5-14-3-4-15(16)9-13(14)2/h3-4,9,12,17H,5-8,10-11H2,1-2H3. The maximum atomic E-state index is 13.0. The number of hydrogen-bond acceptors (Lipinski definition) is 2. The van der Waals surface area contributed by atoms with Gasteiger partial charge in [-0.05, 0) is 49.1 Å². The van der Waals surface area contributed by atoms with Crippen LogP contribution in [0.15, 0.2) is 18.2 Å². The van der Waals surface area contributed by atoms with Gasteiger partial charge in [0.05, 0.1) is 0 Å². The predicted molar refractivity (Wildman–Crippen MR) is 73.3 cm³/mol. The third kappa shape index (κ3) is 3.79. The summed E-state index contributed by atoms with van der Waals surface area (Å²) in [6, 6.07) is 5.11. The van der Waals surface area contributed by atoms with Crippen LogP contribution in [0.5, 0.6) is 0 Å². The molecule has 0 radical (unpaired) electrons. The number of rotatable bonds is 3. The highest BCUT2D eigenvalue weighted by Crippen LogP contribution is 2.12. The largest absolute Gasteiger partial charge is 0.315 e. The lowest BCUT2D eigenvalue weighted by Crippen LogP contribution is -2.31. The van der Waals surface area contributed by atoms with E-state index in [0.29, 0.717) is 5.92 Å². The smallest absolute Gasteiger partial charge is 0.123 e. The van der Waals surface area contributed by atoms with Crippen LogP contribution in [-0.4, -0.2) is 37.6 Å². The Hall–Kier alpha value is -0.930. The van der Waals surface area contributed by atoms with E-state index in [1.807, 2.05) is 13.0 Å². The Morgan fingerprint density at radius 1 is 1.44 bits per heavy atom. The van der Waals surface area contributed by atoms with Gasteiger partial charge in [0.15, 0.2) is 0 Å². The SMILES string of the molecule is Cc1cc(F)ccc1CCN1CCNCC(C)C1. The minimum atomic E-state index is -0.135. The molecule has 1 heterocycles. The summed E-state index contributed by atoms with van der Waals surface area (Å²) in [4.78, 5) is 2.51. The fourth-order valence-electron chi connectivity index (χ4n) is 2.60. The van der Waals surface area contributed by atoms with Crippen molar-refractivity contribution in [1.29, 1.82) is 0 Å². The molecule has 1 fully saturated rings. The molecule has 1 aliphatic rings. The normalized spacial score (nSPS) is 21.8. The molecule has 100 valence electrons. The molecule has 2 rings (SSSR count). The van der Waals surface area contributed by atoms with Crippen LogP contribution in [0.2, 0.25) is 0 Å². The first kappa shape index (κ1) is 13.5. The van der Waals surface area contributed by atoms with Crippen LogP contribution < -0.4 is 5.32 Å². The van der Waals surface area contributed by atoms with Crippen molar-refractivity contribution in [2.45, 2.75) is 20.3 Å². The molecular formula is C15H23FN2. The summed E-state index contributed by atoms with van der Waals surface area (Å²) in [7, 11) is 0. The van der Waals surface area contributed by atoms with Crippen molar-refractivity contribution >= 4 is 0 Å². The first-order chi connectivity index (χ1) is 8.65. The Kier molecular flexibility index (Phi) is 4.72. The second-order valence-electron chi connectivity index (χ2n) is 5.43. The third-order valence-corrected chi connectivity index (χ3v) is 3.67. The van der Waals surface area contributed by atoms with Gasteiger partial charge in [0, 0.05) is 26.2 Å². The van der Waals surface area contributed by atoms with E-state index in [9.17, 15) is 4.39 Å². The van der Waals surface area contributed by atoms with E-state index in [1.54, 1.807) is 12.1 Å². The summed E-state index contributed by atoms with van der Waals surface area (Å²) in [5.74, 6) is 0.575. The molecule has 0 aliphatic carbocycles. The second kappa shape index (κ2) is 6.30. The quantitative estimate of drug-likeness (QED) is 0.885. The molecule has 1 saturated heterocycles. The van der Waals surface area contributed by atoms with Gasteiger partial charge in [0.2, 0.25) is 0 Å². The topological polar surface area (TPSA) is 15.3 Å². The van der Waals surface area contributed by atoms with Crippen LogP contribution in [-0.2, 0) is 6.42 Å². The fourth-order valence-corrected chi connectivity index (χ4v) is 2.60. The van der Waals surface area contributed by atoms with Crippen molar-refractivity contribution in [3.05, 3.63) is 35.1 Å². The zero-order valence-electron chi connectivity index (χ0n) is 11.4. The van der Waals surface area contributed by atoms with E-state index in [-0.39, 0.29) is 5.82 Å². The molecule has 3 heteroatoms. The van der Waals surface area contributed by atoms with Crippen molar-refractivity contribution in [2.75, 3.05) is 32.7 Å². The summed E-state index contributed by atoms with van der Waals surface area (Å²) in [5, 5.41) is 3.45. The predicted octanol–water partition coefficient (Wildman–Crippen LogP) is 2.22. The zero-order valence-corrected chi connectivity index (χ0v) is 11.4. The molecule has 0 spiro atoms. The summed E-state index contributed by atoms with van der Waals surface area (Å²) in [6.45, 7) is 9.81. The van der Waals surface area contributed by atoms with Gasteiger partial charge in [-0.3, -0.25) is 0 Å². The van der Waals surface area contributed by atoms with E-state index < -0.39 is 0 Å². The molecule has 18 heavy (non-hydrogen) atoms. The summed E-state index contributed by atoms with van der Waals surface area (Å²) < 4.78 is 13.0. The molecule has 1 aliphatic heterocycles. The highest BCUT2D eigenvalue weighted by atomic mass is 19.1. The van der Waals surface area contributed by atoms with E-state index in [1.165, 1.54) is 5.56 Å². The Morgan fingerprint density at radius 2 is 2.28 bits per heavy atom. The minimum Gasteiger partial charge on any atom is -0.315 e. The van der Waals surface area contributed by atoms with Crippen molar-refractivity contribution in [2.24, 2.45) is 5.92 Å². The number of hydrogen-bond donors (Lipinski definition) is 1. The molecule has 1 N–H and O–H groups in total. The summed E-state index contributed by atoms with van der Waals surface area (Å²) >= 11 is 0. The Bertz CT molecular complexity index is 392. The van der Waals surface area contributed by atoms with E-state index in [0.717, 1.165) is 44.7 Å². The molecule has 1 aromatic rings. The van der Waals surface area contributed by atoms with Crippen LogP contribution in [0.4, 0.5) is 4.39 Å². The van der Waals surface area contributed by atoms with Gasteiger partial charge < -0.3 is 10.2 Å². The molecule has 1 atom stereocenters. The molecule has 1 aromatic carbocycles. The Morgan fingerprint density at radius 3 is 3.06 bits per heavy atom. The van der Waals surface area contributed by atoms with Crippen molar-refractivity contribution in [1.82, 2.24) is 10.2 Å². The van der Waals surface area contributed by atoms with Gasteiger partial charge in [-0.1, -0.05) is 13.0 Å². The number of nitrogens with one attached hydrogen (secondary N) is 1. The molecule has 0 saturated carbocycles. The van der Waals surface area contributed by atoms with Crippen LogP contribution >= 0.6 is 0 Å². The molecule has 0 amide bonds. The maximum Gasteiger partial charge on any atom is 0.123 e. The van der Waals surface area contributed by atoms with E-state index >= 15 is 0 Å². The molecule has 2 nitrogen and oxygen atoms in total. The number of nitrogens with zero attached hydrogens (tertiary/aromatic N) is 1. The highest BCUT2D eigenvalue weighted by Gasteiger charge is 2.14. The molecule has 1 unspecified atom stereocenters. The Balaban J connectivity index is 1.90. The lowest BCUT2D eigenvalue weighted by atomic mass is 10.1. The van der Waals surface area contributed by atoms with Crippen LogP contribution in [0.1, 0.15) is 18.1 Å². The Labute approximate surface area is 109 Å². The van der Waals surface area contributed by atoms with E-state index in [4.69, 9.17) is 0 Å². The van der Waals surface area contributed by atoms with Gasteiger partial charge in [-0.25, -0.2) is 4.39 Å². The van der Waals surface area contributed by atoms with Crippen molar-refractivity contribution in [3.63, 3.8) is 0 Å². The number of aryl methyl sites for hydroxylation is 1. The summed E-state index contributed by atoms with van der Waals surface area (Å²) in [5.41, 5.74) is 2.33. The zero-order chi connectivity index (χ0) is 13.0. The first-order valence-corrected chi connectivity index (χ1v) is 6.83. The maximum absolute atomic E-state index is 13.0. The highest BCUT2D eigenvalue weighted by molar-refractivity contribution is 5.26. The van der Waals surface area contributed by atoms with Gasteiger partial charge >= 0.3 is 0 Å². The lowest BCUT2D eigenvalue weighted by molar-refractivity contribution is 0.268. The fraction of sp³-hybridized carbons (Fsp3) is 0.600. The van der Waals surface area contributed by atoms with E-state index in [2.05, 4.69) is 17.1 Å². The van der Waals surface area contributed by atoms with Crippen LogP contribution in [0.25, 0.3) is 0 Å². The average molecular weight is 250 g/mol. The third-order valence-electron chi connectivity index (χ3n) is 3.67. The molecule has 0 aromatic heterocycles. The van der Waals surface area contributed by atoms with Gasteiger partial charge in [-0.2, -0.15) is 0 Å². The van der Waals surface area contributed by atoms with Crippen molar-refractivity contribution < 1.29 is 4.39 Å². The number of benzene rings is 1. The van der Waals surface area contributed by atoms with Crippen molar-refractivity contribution in [3.8, 4) is 0 Å². The van der Waals surface area contributed by atoms with Gasteiger partial charge in [0.1, 0.15) is 5.82 Å². The minimum absolute atomic E-state index is 0.135. The average Bonchev–Trinajstić information content (AvgIpc) is 2.52. The first-order valence-electron chi connectivity index (χ1n) is 6.83. The number of halogens is 1. The van der Waals surface area contributed by atoms with Crippen LogP contribution in [0, 0.1) is 18.7 Å². The molecular weight excluding hydrogens is 227 g/mol. The van der Waals surface area contributed by atoms with Gasteiger partial charge in [0.25, 0.3) is 0 Å². The molecule has 0 bridgehead atoms. The van der Waals surface area contributed by atoms with Gasteiger partial charge in [-0.15, -0.1) is 0 Å². The monoisotopic (exact) mass is 250 g/mol. The van der Waals surface area contributed by atoms with Crippen LogP contribution in [0.3, 0.4) is 0 Å². The summed E-state index contributed by atoms with van der Waals surface area (Å²) in [6.07, 6.45) is 1.01.